The molecule has 0 bridgehead atoms. The third kappa shape index (κ3) is 5.49. The summed E-state index contributed by atoms with van der Waals surface area (Å²) >= 11 is 1.30. The van der Waals surface area contributed by atoms with Gasteiger partial charge in [0.15, 0.2) is 11.0 Å². The minimum Gasteiger partial charge on any atom is -0.349 e. The van der Waals surface area contributed by atoms with Gasteiger partial charge in [-0.05, 0) is 37.1 Å². The second-order valence-electron chi connectivity index (χ2n) is 8.68. The molecule has 0 radical (unpaired) electrons. The number of para-hydroxylation sites is 2. The predicted molar refractivity (Wildman–Crippen MR) is 142 cm³/mol. The molecule has 4 aromatic rings. The van der Waals surface area contributed by atoms with Crippen LogP contribution in [-0.2, 0) is 4.79 Å². The molecule has 1 aliphatic rings. The Hall–Kier alpha value is -3.91. The normalized spacial score (nSPS) is 13.4. The lowest BCUT2D eigenvalue weighted by Crippen LogP contribution is -2.33. The number of thioether (sulfide) groups is 1. The Morgan fingerprint density at radius 1 is 0.861 bits per heavy atom. The summed E-state index contributed by atoms with van der Waals surface area (Å²) in [4.78, 5) is 25.7. The van der Waals surface area contributed by atoms with Gasteiger partial charge in [0.1, 0.15) is 0 Å². The standard InChI is InChI=1S/C28H27N5O2S/c34-25(30-24-18-10-9-17-23(24)27(35)29-21-13-7-8-14-21)19-36-28-32-31-26(20-11-3-1-4-12-20)33(28)22-15-5-2-6-16-22/h1-6,9-12,15-18,21H,7-8,13-14,19H2,(H,29,35)(H,30,34). The third-order valence-corrected chi connectivity index (χ3v) is 7.08. The first-order valence-corrected chi connectivity index (χ1v) is 13.1. The van der Waals surface area contributed by atoms with Gasteiger partial charge in [-0.15, -0.1) is 10.2 Å². The lowest BCUT2D eigenvalue weighted by molar-refractivity contribution is -0.113. The van der Waals surface area contributed by atoms with E-state index in [0.29, 0.717) is 22.2 Å². The van der Waals surface area contributed by atoms with E-state index in [1.165, 1.54) is 11.8 Å². The van der Waals surface area contributed by atoms with Crippen molar-refractivity contribution in [1.29, 1.82) is 0 Å². The van der Waals surface area contributed by atoms with E-state index < -0.39 is 0 Å². The average molecular weight is 498 g/mol. The van der Waals surface area contributed by atoms with E-state index in [9.17, 15) is 9.59 Å². The topological polar surface area (TPSA) is 88.9 Å². The highest BCUT2D eigenvalue weighted by molar-refractivity contribution is 7.99. The Morgan fingerprint density at radius 3 is 2.28 bits per heavy atom. The van der Waals surface area contributed by atoms with Crippen LogP contribution in [0.2, 0.25) is 0 Å². The maximum atomic E-state index is 12.9. The Bertz CT molecular complexity index is 1330. The van der Waals surface area contributed by atoms with Crippen molar-refractivity contribution >= 4 is 29.3 Å². The fraction of sp³-hybridized carbons (Fsp3) is 0.214. The van der Waals surface area contributed by atoms with Gasteiger partial charge >= 0.3 is 0 Å². The fourth-order valence-electron chi connectivity index (χ4n) is 4.39. The van der Waals surface area contributed by atoms with Crippen molar-refractivity contribution in [3.8, 4) is 17.1 Å². The number of benzene rings is 3. The maximum Gasteiger partial charge on any atom is 0.253 e. The third-order valence-electron chi connectivity index (χ3n) is 6.15. The van der Waals surface area contributed by atoms with Crippen LogP contribution in [0.5, 0.6) is 0 Å². The Morgan fingerprint density at radius 2 is 1.53 bits per heavy atom. The number of aromatic nitrogens is 3. The number of anilines is 1. The first kappa shape index (κ1) is 23.8. The van der Waals surface area contributed by atoms with Crippen molar-refractivity contribution in [2.75, 3.05) is 11.1 Å². The second-order valence-corrected chi connectivity index (χ2v) is 9.62. The molecule has 0 saturated heterocycles. The quantitative estimate of drug-likeness (QED) is 0.321. The zero-order valence-electron chi connectivity index (χ0n) is 19.8. The molecule has 1 aromatic heterocycles. The van der Waals surface area contributed by atoms with Crippen LogP contribution in [0.15, 0.2) is 90.1 Å². The van der Waals surface area contributed by atoms with Crippen LogP contribution in [0.4, 0.5) is 5.69 Å². The molecule has 3 aromatic carbocycles. The van der Waals surface area contributed by atoms with E-state index in [-0.39, 0.29) is 23.6 Å². The highest BCUT2D eigenvalue weighted by Gasteiger charge is 2.21. The maximum absolute atomic E-state index is 12.9. The van der Waals surface area contributed by atoms with Gasteiger partial charge in [-0.25, -0.2) is 0 Å². The zero-order chi connectivity index (χ0) is 24.7. The summed E-state index contributed by atoms with van der Waals surface area (Å²) in [6.45, 7) is 0. The molecule has 1 heterocycles. The molecule has 0 atom stereocenters. The van der Waals surface area contributed by atoms with E-state index in [1.54, 1.807) is 18.2 Å². The van der Waals surface area contributed by atoms with Gasteiger partial charge in [-0.1, -0.05) is 85.3 Å². The Kier molecular flexibility index (Phi) is 7.42. The summed E-state index contributed by atoms with van der Waals surface area (Å²) in [7, 11) is 0. The van der Waals surface area contributed by atoms with Gasteiger partial charge in [0.25, 0.3) is 5.91 Å². The van der Waals surface area contributed by atoms with Crippen molar-refractivity contribution in [3.05, 3.63) is 90.5 Å². The summed E-state index contributed by atoms with van der Waals surface area (Å²) in [5.41, 5.74) is 2.83. The Balaban J connectivity index is 1.31. The number of hydrogen-bond donors (Lipinski definition) is 2. The van der Waals surface area contributed by atoms with E-state index in [1.807, 2.05) is 71.3 Å². The van der Waals surface area contributed by atoms with E-state index in [2.05, 4.69) is 20.8 Å². The minimum atomic E-state index is -0.218. The molecule has 0 unspecified atom stereocenters. The number of nitrogens with one attached hydrogen (secondary N) is 2. The summed E-state index contributed by atoms with van der Waals surface area (Å²) in [5.74, 6) is 0.462. The lowest BCUT2D eigenvalue weighted by Gasteiger charge is -2.15. The van der Waals surface area contributed by atoms with Gasteiger partial charge in [0, 0.05) is 17.3 Å². The van der Waals surface area contributed by atoms with Gasteiger partial charge in [-0.3, -0.25) is 14.2 Å². The summed E-state index contributed by atoms with van der Waals surface area (Å²) in [6, 6.07) is 27.0. The minimum absolute atomic E-state index is 0.123. The number of nitrogens with zero attached hydrogens (tertiary/aromatic N) is 3. The molecule has 8 heteroatoms. The predicted octanol–water partition coefficient (Wildman–Crippen LogP) is 5.34. The highest BCUT2D eigenvalue weighted by Crippen LogP contribution is 2.28. The molecule has 36 heavy (non-hydrogen) atoms. The largest absolute Gasteiger partial charge is 0.349 e. The Labute approximate surface area is 214 Å². The number of carbonyl (C=O) groups is 2. The first-order chi connectivity index (χ1) is 17.7. The molecule has 182 valence electrons. The van der Waals surface area contributed by atoms with E-state index in [4.69, 9.17) is 0 Å². The molecule has 2 N–H and O–H groups in total. The van der Waals surface area contributed by atoms with E-state index in [0.717, 1.165) is 36.9 Å². The number of rotatable bonds is 8. The molecule has 1 fully saturated rings. The molecule has 0 aliphatic heterocycles. The first-order valence-electron chi connectivity index (χ1n) is 12.1. The summed E-state index contributed by atoms with van der Waals surface area (Å²) in [6.07, 6.45) is 4.29. The van der Waals surface area contributed by atoms with Crippen LogP contribution >= 0.6 is 11.8 Å². The second kappa shape index (κ2) is 11.2. The molecule has 0 spiro atoms. The van der Waals surface area contributed by atoms with Crippen molar-refractivity contribution in [2.45, 2.75) is 36.9 Å². The molecular formula is C28H27N5O2S. The highest BCUT2D eigenvalue weighted by atomic mass is 32.2. The van der Waals surface area contributed by atoms with Gasteiger partial charge in [0.05, 0.1) is 17.0 Å². The molecule has 1 saturated carbocycles. The lowest BCUT2D eigenvalue weighted by atomic mass is 10.1. The molecule has 2 amide bonds. The summed E-state index contributed by atoms with van der Waals surface area (Å²) in [5, 5.41) is 15.4. The zero-order valence-corrected chi connectivity index (χ0v) is 20.6. The van der Waals surface area contributed by atoms with Gasteiger partial charge in [-0.2, -0.15) is 0 Å². The van der Waals surface area contributed by atoms with Gasteiger partial charge < -0.3 is 10.6 Å². The van der Waals surface area contributed by atoms with Crippen LogP contribution in [0.1, 0.15) is 36.0 Å². The SMILES string of the molecule is O=C(CSc1nnc(-c2ccccc2)n1-c1ccccc1)Nc1ccccc1C(=O)NC1CCCC1. The monoisotopic (exact) mass is 497 g/mol. The fourth-order valence-corrected chi connectivity index (χ4v) is 5.14. The van der Waals surface area contributed by atoms with Crippen molar-refractivity contribution in [3.63, 3.8) is 0 Å². The van der Waals surface area contributed by atoms with Crippen molar-refractivity contribution in [1.82, 2.24) is 20.1 Å². The average Bonchev–Trinajstić information content (AvgIpc) is 3.59. The van der Waals surface area contributed by atoms with Crippen LogP contribution in [0.3, 0.4) is 0 Å². The summed E-state index contributed by atoms with van der Waals surface area (Å²) < 4.78 is 1.95. The molecule has 5 rings (SSSR count). The number of amides is 2. The van der Waals surface area contributed by atoms with Crippen LogP contribution in [0.25, 0.3) is 17.1 Å². The van der Waals surface area contributed by atoms with Crippen molar-refractivity contribution < 1.29 is 9.59 Å². The molecule has 7 nitrogen and oxygen atoms in total. The van der Waals surface area contributed by atoms with Crippen molar-refractivity contribution in [2.24, 2.45) is 0 Å². The number of carbonyl (C=O) groups excluding carboxylic acids is 2. The van der Waals surface area contributed by atoms with E-state index >= 15 is 0 Å². The molecular weight excluding hydrogens is 470 g/mol. The smallest absolute Gasteiger partial charge is 0.253 e. The van der Waals surface area contributed by atoms with Crippen LogP contribution in [0, 0.1) is 0 Å². The number of hydrogen-bond acceptors (Lipinski definition) is 5. The van der Waals surface area contributed by atoms with Crippen LogP contribution < -0.4 is 10.6 Å². The van der Waals surface area contributed by atoms with Gasteiger partial charge in [0.2, 0.25) is 5.91 Å². The van der Waals surface area contributed by atoms with Crippen LogP contribution in [-0.4, -0.2) is 38.4 Å². The molecule has 1 aliphatic carbocycles.